The fraction of sp³-hybridized carbons (Fsp3) is 0.812. The monoisotopic (exact) mass is 254 g/mol. The molecule has 0 rings (SSSR count). The predicted molar refractivity (Wildman–Crippen MR) is 77.7 cm³/mol. The second-order valence-corrected chi connectivity index (χ2v) is 5.03. The molecule has 0 aliphatic heterocycles. The average Bonchev–Trinajstić information content (AvgIpc) is 2.35. The van der Waals surface area contributed by atoms with Crippen molar-refractivity contribution in [2.75, 3.05) is 0 Å². The molecule has 0 heterocycles. The zero-order valence-corrected chi connectivity index (χ0v) is 12.2. The zero-order valence-electron chi connectivity index (χ0n) is 12.2. The van der Waals surface area contributed by atoms with E-state index in [2.05, 4.69) is 13.8 Å². The molecule has 2 heteroatoms. The van der Waals surface area contributed by atoms with Crippen molar-refractivity contribution in [1.82, 2.24) is 0 Å². The van der Waals surface area contributed by atoms with Gasteiger partial charge in [-0.15, -0.1) is 0 Å². The van der Waals surface area contributed by atoms with Crippen LogP contribution in [0.5, 0.6) is 0 Å². The van der Waals surface area contributed by atoms with Crippen LogP contribution in [-0.2, 0) is 4.79 Å². The summed E-state index contributed by atoms with van der Waals surface area (Å²) in [4.78, 5) is 11.5. The standard InChI is InChI=1S/C16H30O2/c1-3-5-7-11-15(17)13-9-10-14-16(18)12-8-6-4-2/h9,13,15,17H,3-8,10-12,14H2,1-2H3. The molecule has 0 bridgehead atoms. The Kier molecular flexibility index (Phi) is 12.4. The molecule has 2 nitrogen and oxygen atoms in total. The van der Waals surface area contributed by atoms with Gasteiger partial charge in [-0.3, -0.25) is 4.79 Å². The van der Waals surface area contributed by atoms with Crippen LogP contribution in [-0.4, -0.2) is 17.0 Å². The third-order valence-electron chi connectivity index (χ3n) is 3.11. The van der Waals surface area contributed by atoms with E-state index in [4.69, 9.17) is 0 Å². The number of aliphatic hydroxyl groups is 1. The highest BCUT2D eigenvalue weighted by atomic mass is 16.3. The summed E-state index contributed by atoms with van der Waals surface area (Å²) in [6, 6.07) is 0. The Labute approximate surface area is 112 Å². The van der Waals surface area contributed by atoms with Crippen LogP contribution < -0.4 is 0 Å². The van der Waals surface area contributed by atoms with Gasteiger partial charge >= 0.3 is 0 Å². The minimum absolute atomic E-state index is 0.327. The van der Waals surface area contributed by atoms with Crippen molar-refractivity contribution in [2.45, 2.75) is 84.2 Å². The van der Waals surface area contributed by atoms with E-state index in [1.54, 1.807) is 0 Å². The first-order valence-electron chi connectivity index (χ1n) is 7.57. The van der Waals surface area contributed by atoms with E-state index in [0.717, 1.165) is 44.9 Å². The van der Waals surface area contributed by atoms with Crippen LogP contribution in [0.15, 0.2) is 12.2 Å². The molecule has 0 amide bonds. The summed E-state index contributed by atoms with van der Waals surface area (Å²) in [5.74, 6) is 0.355. The summed E-state index contributed by atoms with van der Waals surface area (Å²) in [5, 5.41) is 9.64. The smallest absolute Gasteiger partial charge is 0.133 e. The highest BCUT2D eigenvalue weighted by Crippen LogP contribution is 2.07. The summed E-state index contributed by atoms with van der Waals surface area (Å²) in [5.41, 5.74) is 0. The summed E-state index contributed by atoms with van der Waals surface area (Å²) in [6.07, 6.45) is 13.2. The van der Waals surface area contributed by atoms with Gasteiger partial charge in [0.2, 0.25) is 0 Å². The Morgan fingerprint density at radius 3 is 2.39 bits per heavy atom. The van der Waals surface area contributed by atoms with Gasteiger partial charge in [0.25, 0.3) is 0 Å². The number of hydrogen-bond acceptors (Lipinski definition) is 2. The van der Waals surface area contributed by atoms with E-state index in [9.17, 15) is 9.90 Å². The molecular formula is C16H30O2. The molecule has 0 aromatic heterocycles. The first-order valence-corrected chi connectivity index (χ1v) is 7.57. The van der Waals surface area contributed by atoms with Gasteiger partial charge in [-0.1, -0.05) is 58.1 Å². The molecule has 0 aromatic rings. The van der Waals surface area contributed by atoms with Crippen molar-refractivity contribution in [1.29, 1.82) is 0 Å². The summed E-state index contributed by atoms with van der Waals surface area (Å²) < 4.78 is 0. The Morgan fingerprint density at radius 1 is 1.06 bits per heavy atom. The minimum atomic E-state index is -0.327. The van der Waals surface area contributed by atoms with E-state index in [1.807, 2.05) is 12.2 Å². The van der Waals surface area contributed by atoms with E-state index in [1.165, 1.54) is 12.8 Å². The van der Waals surface area contributed by atoms with Crippen molar-refractivity contribution in [3.63, 3.8) is 0 Å². The topological polar surface area (TPSA) is 37.3 Å². The number of carbonyl (C=O) groups is 1. The Balaban J connectivity index is 3.48. The number of Topliss-reactive ketones (excluding diaryl/α,β-unsaturated/α-hetero) is 1. The van der Waals surface area contributed by atoms with E-state index >= 15 is 0 Å². The maximum Gasteiger partial charge on any atom is 0.133 e. The molecular weight excluding hydrogens is 224 g/mol. The number of aliphatic hydroxyl groups excluding tert-OH is 1. The van der Waals surface area contributed by atoms with Crippen molar-refractivity contribution in [3.05, 3.63) is 12.2 Å². The predicted octanol–water partition coefficient (Wildman–Crippen LogP) is 4.41. The second-order valence-electron chi connectivity index (χ2n) is 5.03. The summed E-state index contributed by atoms with van der Waals surface area (Å²) in [6.45, 7) is 4.31. The molecule has 0 aliphatic carbocycles. The number of allylic oxidation sites excluding steroid dienone is 1. The minimum Gasteiger partial charge on any atom is -0.389 e. The largest absolute Gasteiger partial charge is 0.389 e. The molecule has 18 heavy (non-hydrogen) atoms. The van der Waals surface area contributed by atoms with Crippen molar-refractivity contribution < 1.29 is 9.90 Å². The fourth-order valence-corrected chi connectivity index (χ4v) is 1.89. The zero-order chi connectivity index (χ0) is 13.6. The molecule has 0 aliphatic rings. The van der Waals surface area contributed by atoms with E-state index < -0.39 is 0 Å². The molecule has 1 N–H and O–H groups in total. The Morgan fingerprint density at radius 2 is 1.72 bits per heavy atom. The van der Waals surface area contributed by atoms with Crippen LogP contribution in [0.2, 0.25) is 0 Å². The lowest BCUT2D eigenvalue weighted by molar-refractivity contribution is -0.119. The highest BCUT2D eigenvalue weighted by Gasteiger charge is 2.01. The molecule has 106 valence electrons. The first-order chi connectivity index (χ1) is 8.70. The molecule has 0 radical (unpaired) electrons. The van der Waals surface area contributed by atoms with Crippen LogP contribution in [0.3, 0.4) is 0 Å². The number of unbranched alkanes of at least 4 members (excludes halogenated alkanes) is 4. The van der Waals surface area contributed by atoms with Gasteiger partial charge in [0.15, 0.2) is 0 Å². The van der Waals surface area contributed by atoms with Gasteiger partial charge in [0, 0.05) is 12.8 Å². The van der Waals surface area contributed by atoms with Crippen LogP contribution in [0.25, 0.3) is 0 Å². The van der Waals surface area contributed by atoms with Crippen molar-refractivity contribution in [2.24, 2.45) is 0 Å². The Hall–Kier alpha value is -0.630. The Bertz CT molecular complexity index is 221. The molecule has 0 saturated carbocycles. The van der Waals surface area contributed by atoms with E-state index in [-0.39, 0.29) is 6.10 Å². The lowest BCUT2D eigenvalue weighted by Crippen LogP contribution is -2.01. The van der Waals surface area contributed by atoms with Gasteiger partial charge in [0.05, 0.1) is 6.10 Å². The summed E-state index contributed by atoms with van der Waals surface area (Å²) in [7, 11) is 0. The third kappa shape index (κ3) is 11.8. The van der Waals surface area contributed by atoms with Crippen molar-refractivity contribution >= 4 is 5.78 Å². The van der Waals surface area contributed by atoms with Gasteiger partial charge in [-0.05, 0) is 19.3 Å². The second kappa shape index (κ2) is 12.8. The van der Waals surface area contributed by atoms with Crippen LogP contribution >= 0.6 is 0 Å². The first kappa shape index (κ1) is 17.4. The quantitative estimate of drug-likeness (QED) is 0.413. The van der Waals surface area contributed by atoms with E-state index in [0.29, 0.717) is 12.2 Å². The van der Waals surface area contributed by atoms with Crippen LogP contribution in [0.1, 0.15) is 78.1 Å². The SMILES string of the molecule is CCCCCC(=O)CCC=CC(O)CCCCC. The molecule has 0 spiro atoms. The maximum absolute atomic E-state index is 11.5. The van der Waals surface area contributed by atoms with Crippen LogP contribution in [0.4, 0.5) is 0 Å². The third-order valence-corrected chi connectivity index (χ3v) is 3.11. The lowest BCUT2D eigenvalue weighted by Gasteiger charge is -2.04. The maximum atomic E-state index is 11.5. The van der Waals surface area contributed by atoms with Gasteiger partial charge in [-0.2, -0.15) is 0 Å². The van der Waals surface area contributed by atoms with Gasteiger partial charge in [-0.25, -0.2) is 0 Å². The van der Waals surface area contributed by atoms with Crippen LogP contribution in [0, 0.1) is 0 Å². The lowest BCUT2D eigenvalue weighted by atomic mass is 10.1. The number of rotatable bonds is 12. The number of hydrogen-bond donors (Lipinski definition) is 1. The van der Waals surface area contributed by atoms with Gasteiger partial charge < -0.3 is 5.11 Å². The van der Waals surface area contributed by atoms with Crippen molar-refractivity contribution in [3.8, 4) is 0 Å². The molecule has 0 aromatic carbocycles. The highest BCUT2D eigenvalue weighted by molar-refractivity contribution is 5.78. The van der Waals surface area contributed by atoms with Gasteiger partial charge in [0.1, 0.15) is 5.78 Å². The molecule has 1 atom stereocenters. The normalized spacial score (nSPS) is 13.1. The summed E-state index contributed by atoms with van der Waals surface area (Å²) >= 11 is 0. The fourth-order valence-electron chi connectivity index (χ4n) is 1.89. The molecule has 0 saturated heterocycles. The average molecular weight is 254 g/mol. The molecule has 1 unspecified atom stereocenters. The number of ketones is 1. The number of carbonyl (C=O) groups excluding carboxylic acids is 1. The molecule has 0 fully saturated rings.